The van der Waals surface area contributed by atoms with Gasteiger partial charge in [-0.25, -0.2) is 8.78 Å². The predicted molar refractivity (Wildman–Crippen MR) is 87.6 cm³/mol. The molecule has 1 fully saturated rings. The lowest BCUT2D eigenvalue weighted by atomic mass is 9.97. The van der Waals surface area contributed by atoms with Crippen molar-refractivity contribution in [3.05, 3.63) is 29.8 Å². The Bertz CT molecular complexity index is 603. The molecule has 1 atom stereocenters. The van der Waals surface area contributed by atoms with E-state index in [9.17, 15) is 18.4 Å². The van der Waals surface area contributed by atoms with Crippen LogP contribution in [-0.4, -0.2) is 41.7 Å². The molecule has 1 aromatic rings. The van der Waals surface area contributed by atoms with Crippen LogP contribution in [0, 0.1) is 17.6 Å². The van der Waals surface area contributed by atoms with Crippen LogP contribution >= 0.6 is 11.8 Å². The number of hydrogen-bond donors (Lipinski definition) is 0. The minimum Gasteiger partial charge on any atom is -0.466 e. The molecule has 1 aliphatic heterocycles. The molecule has 132 valence electrons. The molecule has 0 aliphatic carbocycles. The highest BCUT2D eigenvalue weighted by molar-refractivity contribution is 8.00. The quantitative estimate of drug-likeness (QED) is 0.599. The number of carbonyl (C=O) groups excluding carboxylic acids is 2. The smallest absolute Gasteiger partial charge is 0.309 e. The molecule has 0 saturated carbocycles. The standard InChI is InChI=1S/C17H21F2NO3S/c1-3-23-17(22)12-6-8-20(9-7-12)16(21)11(2)24-15-5-4-13(18)10-14(15)19/h4-5,10-12H,3,6-9H2,1-2H3. The van der Waals surface area contributed by atoms with Gasteiger partial charge in [-0.3, -0.25) is 9.59 Å². The second kappa shape index (κ2) is 8.46. The van der Waals surface area contributed by atoms with Crippen LogP contribution < -0.4 is 0 Å². The van der Waals surface area contributed by atoms with Gasteiger partial charge in [0, 0.05) is 24.1 Å². The third-order valence-electron chi connectivity index (χ3n) is 3.97. The fourth-order valence-electron chi connectivity index (χ4n) is 2.66. The van der Waals surface area contributed by atoms with Gasteiger partial charge in [-0.1, -0.05) is 0 Å². The molecular formula is C17H21F2NO3S. The summed E-state index contributed by atoms with van der Waals surface area (Å²) in [6.07, 6.45) is 1.15. The molecule has 1 amide bonds. The van der Waals surface area contributed by atoms with E-state index in [4.69, 9.17) is 4.74 Å². The first-order valence-corrected chi connectivity index (χ1v) is 8.87. The number of ether oxygens (including phenoxy) is 1. The van der Waals surface area contributed by atoms with Crippen molar-refractivity contribution in [2.24, 2.45) is 5.92 Å². The topological polar surface area (TPSA) is 46.6 Å². The summed E-state index contributed by atoms with van der Waals surface area (Å²) in [5.41, 5.74) is 0. The Hall–Kier alpha value is -1.63. The van der Waals surface area contributed by atoms with E-state index in [1.54, 1.807) is 18.7 Å². The molecule has 0 radical (unpaired) electrons. The van der Waals surface area contributed by atoms with E-state index in [0.29, 0.717) is 32.5 Å². The maximum atomic E-state index is 13.7. The van der Waals surface area contributed by atoms with Gasteiger partial charge in [0.2, 0.25) is 5.91 Å². The van der Waals surface area contributed by atoms with Crippen LogP contribution in [0.15, 0.2) is 23.1 Å². The molecule has 1 aromatic carbocycles. The average molecular weight is 357 g/mol. The average Bonchev–Trinajstić information content (AvgIpc) is 2.57. The highest BCUT2D eigenvalue weighted by atomic mass is 32.2. The zero-order chi connectivity index (χ0) is 17.7. The van der Waals surface area contributed by atoms with Crippen molar-refractivity contribution in [2.75, 3.05) is 19.7 Å². The molecule has 1 saturated heterocycles. The Morgan fingerprint density at radius 3 is 2.58 bits per heavy atom. The first-order valence-electron chi connectivity index (χ1n) is 7.99. The number of thioether (sulfide) groups is 1. The van der Waals surface area contributed by atoms with Crippen LogP contribution in [0.2, 0.25) is 0 Å². The summed E-state index contributed by atoms with van der Waals surface area (Å²) in [5.74, 6) is -1.78. The summed E-state index contributed by atoms with van der Waals surface area (Å²) in [4.78, 5) is 26.1. The predicted octanol–water partition coefficient (Wildman–Crippen LogP) is 3.25. The molecule has 4 nitrogen and oxygen atoms in total. The van der Waals surface area contributed by atoms with Crippen molar-refractivity contribution in [3.8, 4) is 0 Å². The number of esters is 1. The van der Waals surface area contributed by atoms with Crippen molar-refractivity contribution in [1.82, 2.24) is 4.90 Å². The molecule has 24 heavy (non-hydrogen) atoms. The van der Waals surface area contributed by atoms with Crippen molar-refractivity contribution < 1.29 is 23.1 Å². The molecule has 2 rings (SSSR count). The summed E-state index contributed by atoms with van der Waals surface area (Å²) in [6.45, 7) is 4.80. The van der Waals surface area contributed by atoms with Gasteiger partial charge in [-0.05, 0) is 38.8 Å². The number of carbonyl (C=O) groups is 2. The third kappa shape index (κ3) is 4.69. The van der Waals surface area contributed by atoms with E-state index < -0.39 is 16.9 Å². The SMILES string of the molecule is CCOC(=O)C1CCN(C(=O)C(C)Sc2ccc(F)cc2F)CC1. The summed E-state index contributed by atoms with van der Waals surface area (Å²) in [7, 11) is 0. The Morgan fingerprint density at radius 1 is 1.33 bits per heavy atom. The number of hydrogen-bond acceptors (Lipinski definition) is 4. The third-order valence-corrected chi connectivity index (χ3v) is 5.11. The van der Waals surface area contributed by atoms with Crippen LogP contribution in [0.1, 0.15) is 26.7 Å². The fourth-order valence-corrected chi connectivity index (χ4v) is 3.61. The molecule has 1 heterocycles. The number of piperidine rings is 1. The molecule has 0 N–H and O–H groups in total. The Morgan fingerprint density at radius 2 is 2.00 bits per heavy atom. The minimum atomic E-state index is -0.666. The van der Waals surface area contributed by atoms with E-state index in [0.717, 1.165) is 17.8 Å². The van der Waals surface area contributed by atoms with E-state index in [1.165, 1.54) is 12.1 Å². The summed E-state index contributed by atoms with van der Waals surface area (Å²) >= 11 is 1.07. The van der Waals surface area contributed by atoms with E-state index >= 15 is 0 Å². The largest absolute Gasteiger partial charge is 0.466 e. The van der Waals surface area contributed by atoms with Crippen molar-refractivity contribution in [1.29, 1.82) is 0 Å². The van der Waals surface area contributed by atoms with Crippen molar-refractivity contribution in [2.45, 2.75) is 36.8 Å². The van der Waals surface area contributed by atoms with Gasteiger partial charge in [0.25, 0.3) is 0 Å². The van der Waals surface area contributed by atoms with Gasteiger partial charge >= 0.3 is 5.97 Å². The van der Waals surface area contributed by atoms with Crippen LogP contribution in [-0.2, 0) is 14.3 Å². The lowest BCUT2D eigenvalue weighted by molar-refractivity contribution is -0.151. The Kier molecular flexibility index (Phi) is 6.60. The van der Waals surface area contributed by atoms with Gasteiger partial charge in [0.15, 0.2) is 0 Å². The maximum absolute atomic E-state index is 13.7. The molecule has 1 unspecified atom stereocenters. The Labute approximate surface area is 144 Å². The van der Waals surface area contributed by atoms with Crippen LogP contribution in [0.4, 0.5) is 8.78 Å². The van der Waals surface area contributed by atoms with Crippen molar-refractivity contribution >= 4 is 23.6 Å². The van der Waals surface area contributed by atoms with Gasteiger partial charge < -0.3 is 9.64 Å². The molecule has 0 aromatic heterocycles. The maximum Gasteiger partial charge on any atom is 0.309 e. The van der Waals surface area contributed by atoms with Gasteiger partial charge in [-0.2, -0.15) is 0 Å². The lowest BCUT2D eigenvalue weighted by Gasteiger charge is -2.32. The highest BCUT2D eigenvalue weighted by Crippen LogP contribution is 2.29. The number of rotatable bonds is 5. The first kappa shape index (κ1) is 18.7. The van der Waals surface area contributed by atoms with Crippen LogP contribution in [0.3, 0.4) is 0 Å². The van der Waals surface area contributed by atoms with Gasteiger partial charge in [0.05, 0.1) is 17.8 Å². The zero-order valence-electron chi connectivity index (χ0n) is 13.8. The second-order valence-electron chi connectivity index (χ2n) is 5.69. The minimum absolute atomic E-state index is 0.106. The fraction of sp³-hybridized carbons (Fsp3) is 0.529. The summed E-state index contributed by atoms with van der Waals surface area (Å²) < 4.78 is 31.6. The number of nitrogens with zero attached hydrogens (tertiary/aromatic N) is 1. The summed E-state index contributed by atoms with van der Waals surface area (Å²) in [5, 5.41) is -0.482. The Balaban J connectivity index is 1.89. The van der Waals surface area contributed by atoms with E-state index in [1.807, 2.05) is 0 Å². The number of amides is 1. The van der Waals surface area contributed by atoms with Crippen molar-refractivity contribution in [3.63, 3.8) is 0 Å². The van der Waals surface area contributed by atoms with Gasteiger partial charge in [0.1, 0.15) is 11.6 Å². The molecule has 0 bridgehead atoms. The molecular weight excluding hydrogens is 336 g/mol. The summed E-state index contributed by atoms with van der Waals surface area (Å²) in [6, 6.07) is 3.32. The van der Waals surface area contributed by atoms with Gasteiger partial charge in [-0.15, -0.1) is 11.8 Å². The van der Waals surface area contributed by atoms with E-state index in [2.05, 4.69) is 0 Å². The monoisotopic (exact) mass is 357 g/mol. The van der Waals surface area contributed by atoms with Crippen LogP contribution in [0.5, 0.6) is 0 Å². The highest BCUT2D eigenvalue weighted by Gasteiger charge is 2.30. The second-order valence-corrected chi connectivity index (χ2v) is 7.07. The normalized spacial score (nSPS) is 16.8. The molecule has 0 spiro atoms. The number of likely N-dealkylation sites (tertiary alicyclic amines) is 1. The lowest BCUT2D eigenvalue weighted by Crippen LogP contribution is -2.43. The zero-order valence-corrected chi connectivity index (χ0v) is 14.6. The molecule has 1 aliphatic rings. The number of halogens is 2. The number of benzene rings is 1. The van der Waals surface area contributed by atoms with E-state index in [-0.39, 0.29) is 22.7 Å². The van der Waals surface area contributed by atoms with Crippen LogP contribution in [0.25, 0.3) is 0 Å². The molecule has 7 heteroatoms. The first-order chi connectivity index (χ1) is 11.4.